The van der Waals surface area contributed by atoms with Gasteiger partial charge in [-0.1, -0.05) is 6.92 Å². The van der Waals surface area contributed by atoms with E-state index in [4.69, 9.17) is 29.1 Å². The quantitative estimate of drug-likeness (QED) is 0.559. The first-order valence-electron chi connectivity index (χ1n) is 7.34. The SMILES string of the molecule is CCC(N)C(OCCOCCOCCOC)c1ccco1. The second-order valence-electron chi connectivity index (χ2n) is 4.60. The van der Waals surface area contributed by atoms with E-state index in [-0.39, 0.29) is 12.1 Å². The summed E-state index contributed by atoms with van der Waals surface area (Å²) >= 11 is 0. The van der Waals surface area contributed by atoms with Crippen LogP contribution in [0, 0.1) is 0 Å². The first-order chi connectivity index (χ1) is 10.3. The van der Waals surface area contributed by atoms with Crippen molar-refractivity contribution < 1.29 is 23.4 Å². The van der Waals surface area contributed by atoms with Crippen LogP contribution in [0.1, 0.15) is 25.2 Å². The molecule has 122 valence electrons. The van der Waals surface area contributed by atoms with Gasteiger partial charge in [0.1, 0.15) is 11.9 Å². The van der Waals surface area contributed by atoms with E-state index in [1.807, 2.05) is 19.1 Å². The Kier molecular flexibility index (Phi) is 10.1. The zero-order chi connectivity index (χ0) is 15.3. The molecule has 0 amide bonds. The Labute approximate surface area is 126 Å². The highest BCUT2D eigenvalue weighted by atomic mass is 16.6. The van der Waals surface area contributed by atoms with Crippen molar-refractivity contribution in [1.29, 1.82) is 0 Å². The smallest absolute Gasteiger partial charge is 0.134 e. The molecule has 0 saturated carbocycles. The summed E-state index contributed by atoms with van der Waals surface area (Å²) in [7, 11) is 1.65. The second kappa shape index (κ2) is 11.7. The molecule has 2 N–H and O–H groups in total. The van der Waals surface area contributed by atoms with E-state index in [0.29, 0.717) is 39.6 Å². The van der Waals surface area contributed by atoms with Gasteiger partial charge in [0.15, 0.2) is 0 Å². The first kappa shape index (κ1) is 18.1. The van der Waals surface area contributed by atoms with Gasteiger partial charge >= 0.3 is 0 Å². The maximum atomic E-state index is 6.06. The van der Waals surface area contributed by atoms with Crippen LogP contribution in [-0.2, 0) is 18.9 Å². The van der Waals surface area contributed by atoms with Crippen LogP contribution in [0.3, 0.4) is 0 Å². The van der Waals surface area contributed by atoms with Crippen molar-refractivity contribution in [2.45, 2.75) is 25.5 Å². The van der Waals surface area contributed by atoms with E-state index in [1.54, 1.807) is 13.4 Å². The monoisotopic (exact) mass is 301 g/mol. The van der Waals surface area contributed by atoms with Gasteiger partial charge in [-0.3, -0.25) is 0 Å². The van der Waals surface area contributed by atoms with Crippen LogP contribution in [-0.4, -0.2) is 52.8 Å². The third-order valence-electron chi connectivity index (χ3n) is 3.01. The molecule has 6 heteroatoms. The molecule has 0 aromatic carbocycles. The van der Waals surface area contributed by atoms with Crippen molar-refractivity contribution in [1.82, 2.24) is 0 Å². The van der Waals surface area contributed by atoms with Crippen LogP contribution >= 0.6 is 0 Å². The number of hydrogen-bond acceptors (Lipinski definition) is 6. The minimum atomic E-state index is -0.230. The van der Waals surface area contributed by atoms with Gasteiger partial charge in [-0.25, -0.2) is 0 Å². The number of nitrogens with two attached hydrogens (primary N) is 1. The Balaban J connectivity index is 2.11. The molecule has 0 fully saturated rings. The largest absolute Gasteiger partial charge is 0.467 e. The molecular weight excluding hydrogens is 274 g/mol. The van der Waals surface area contributed by atoms with Crippen LogP contribution in [0.15, 0.2) is 22.8 Å². The van der Waals surface area contributed by atoms with Crippen molar-refractivity contribution in [2.24, 2.45) is 5.73 Å². The predicted molar refractivity (Wildman–Crippen MR) is 79.2 cm³/mol. The van der Waals surface area contributed by atoms with Crippen LogP contribution in [0.4, 0.5) is 0 Å². The van der Waals surface area contributed by atoms with Gasteiger partial charge in [0.05, 0.1) is 45.9 Å². The van der Waals surface area contributed by atoms with Gasteiger partial charge in [0.2, 0.25) is 0 Å². The van der Waals surface area contributed by atoms with Gasteiger partial charge in [-0.2, -0.15) is 0 Å². The van der Waals surface area contributed by atoms with E-state index in [2.05, 4.69) is 0 Å². The Morgan fingerprint density at radius 1 is 1.10 bits per heavy atom. The van der Waals surface area contributed by atoms with Crippen molar-refractivity contribution in [3.8, 4) is 0 Å². The summed E-state index contributed by atoms with van der Waals surface area (Å²) in [5.41, 5.74) is 6.06. The van der Waals surface area contributed by atoms with E-state index in [0.717, 1.165) is 12.2 Å². The normalized spacial score (nSPS) is 14.2. The van der Waals surface area contributed by atoms with E-state index >= 15 is 0 Å². The molecule has 0 aliphatic carbocycles. The van der Waals surface area contributed by atoms with Crippen molar-refractivity contribution in [3.05, 3.63) is 24.2 Å². The summed E-state index contributed by atoms with van der Waals surface area (Å²) in [6, 6.07) is 3.63. The molecule has 0 aliphatic rings. The lowest BCUT2D eigenvalue weighted by Gasteiger charge is -2.21. The third kappa shape index (κ3) is 7.59. The maximum absolute atomic E-state index is 6.06. The summed E-state index contributed by atoms with van der Waals surface area (Å²) in [6.07, 6.45) is 2.22. The number of methoxy groups -OCH3 is 1. The van der Waals surface area contributed by atoms with Gasteiger partial charge in [0.25, 0.3) is 0 Å². The first-order valence-corrected chi connectivity index (χ1v) is 7.34. The minimum absolute atomic E-state index is 0.0893. The summed E-state index contributed by atoms with van der Waals surface area (Å²) in [4.78, 5) is 0. The lowest BCUT2D eigenvalue weighted by molar-refractivity contribution is -0.0302. The molecule has 0 radical (unpaired) electrons. The molecule has 2 unspecified atom stereocenters. The minimum Gasteiger partial charge on any atom is -0.467 e. The Bertz CT molecular complexity index is 331. The molecule has 0 saturated heterocycles. The molecule has 0 bridgehead atoms. The van der Waals surface area contributed by atoms with Crippen LogP contribution in [0.2, 0.25) is 0 Å². The van der Waals surface area contributed by atoms with E-state index in [9.17, 15) is 0 Å². The zero-order valence-corrected chi connectivity index (χ0v) is 13.0. The molecule has 21 heavy (non-hydrogen) atoms. The standard InChI is InChI=1S/C15H27NO5/c1-3-13(16)15(14-5-4-6-20-14)21-12-11-19-10-9-18-8-7-17-2/h4-6,13,15H,3,7-12,16H2,1-2H3. The Hall–Kier alpha value is -0.920. The van der Waals surface area contributed by atoms with Crippen molar-refractivity contribution in [3.63, 3.8) is 0 Å². The molecule has 1 rings (SSSR count). The van der Waals surface area contributed by atoms with Crippen LogP contribution in [0.25, 0.3) is 0 Å². The highest BCUT2D eigenvalue weighted by Gasteiger charge is 2.21. The van der Waals surface area contributed by atoms with Gasteiger partial charge in [0, 0.05) is 13.2 Å². The van der Waals surface area contributed by atoms with Crippen LogP contribution < -0.4 is 5.73 Å². The lowest BCUT2D eigenvalue weighted by atomic mass is 10.1. The van der Waals surface area contributed by atoms with Gasteiger partial charge in [-0.05, 0) is 18.6 Å². The topological polar surface area (TPSA) is 76.1 Å². The summed E-state index contributed by atoms with van der Waals surface area (Å²) in [5.74, 6) is 0.757. The number of furan rings is 1. The maximum Gasteiger partial charge on any atom is 0.134 e. The average molecular weight is 301 g/mol. The molecule has 1 aromatic heterocycles. The molecule has 2 atom stereocenters. The Morgan fingerprint density at radius 3 is 2.33 bits per heavy atom. The highest BCUT2D eigenvalue weighted by Crippen LogP contribution is 2.22. The molecule has 1 aromatic rings. The fraction of sp³-hybridized carbons (Fsp3) is 0.733. The van der Waals surface area contributed by atoms with Crippen molar-refractivity contribution in [2.75, 3.05) is 46.8 Å². The molecule has 0 aliphatic heterocycles. The number of ether oxygens (including phenoxy) is 4. The fourth-order valence-electron chi connectivity index (χ4n) is 1.78. The molecular formula is C15H27NO5. The predicted octanol–water partition coefficient (Wildman–Crippen LogP) is 1.75. The third-order valence-corrected chi connectivity index (χ3v) is 3.01. The highest BCUT2D eigenvalue weighted by molar-refractivity contribution is 5.04. The zero-order valence-electron chi connectivity index (χ0n) is 13.0. The van der Waals surface area contributed by atoms with Crippen molar-refractivity contribution >= 4 is 0 Å². The second-order valence-corrected chi connectivity index (χ2v) is 4.60. The lowest BCUT2D eigenvalue weighted by Crippen LogP contribution is -2.30. The van der Waals surface area contributed by atoms with Gasteiger partial charge < -0.3 is 29.1 Å². The molecule has 6 nitrogen and oxygen atoms in total. The van der Waals surface area contributed by atoms with E-state index in [1.165, 1.54) is 0 Å². The Morgan fingerprint density at radius 2 is 1.76 bits per heavy atom. The molecule has 0 spiro atoms. The fourth-order valence-corrected chi connectivity index (χ4v) is 1.78. The summed E-state index contributed by atoms with van der Waals surface area (Å²) in [6.45, 7) is 5.28. The average Bonchev–Trinajstić information content (AvgIpc) is 3.02. The van der Waals surface area contributed by atoms with E-state index < -0.39 is 0 Å². The van der Waals surface area contributed by atoms with Gasteiger partial charge in [-0.15, -0.1) is 0 Å². The summed E-state index contributed by atoms with van der Waals surface area (Å²) in [5, 5.41) is 0. The molecule has 1 heterocycles. The summed E-state index contributed by atoms with van der Waals surface area (Å²) < 4.78 is 26.8. The van der Waals surface area contributed by atoms with Crippen LogP contribution in [0.5, 0.6) is 0 Å². The number of hydrogen-bond donors (Lipinski definition) is 1. The number of rotatable bonds is 13.